The van der Waals surface area contributed by atoms with Gasteiger partial charge in [-0.15, -0.1) is 11.3 Å². The molecule has 2 heterocycles. The van der Waals surface area contributed by atoms with Crippen molar-refractivity contribution in [2.45, 2.75) is 27.2 Å². The van der Waals surface area contributed by atoms with Crippen molar-refractivity contribution in [1.82, 2.24) is 9.97 Å². The quantitative estimate of drug-likeness (QED) is 0.752. The van der Waals surface area contributed by atoms with Crippen molar-refractivity contribution < 1.29 is 0 Å². The number of thiazole rings is 1. The maximum absolute atomic E-state index is 4.72. The molecule has 0 spiro atoms. The number of para-hydroxylation sites is 1. The van der Waals surface area contributed by atoms with Gasteiger partial charge in [-0.25, -0.2) is 4.98 Å². The van der Waals surface area contributed by atoms with Gasteiger partial charge in [-0.3, -0.25) is 4.98 Å². The summed E-state index contributed by atoms with van der Waals surface area (Å²) in [6.45, 7) is 7.26. The minimum Gasteiger partial charge on any atom is -0.362 e. The predicted molar refractivity (Wildman–Crippen MR) is 91.1 cm³/mol. The summed E-state index contributed by atoms with van der Waals surface area (Å²) in [5.74, 6) is 0. The molecule has 1 aromatic carbocycles. The Morgan fingerprint density at radius 1 is 1.19 bits per heavy atom. The van der Waals surface area contributed by atoms with Gasteiger partial charge in [0.15, 0.2) is 5.13 Å². The molecule has 108 valence electrons. The summed E-state index contributed by atoms with van der Waals surface area (Å²) in [5, 5.41) is 7.63. The summed E-state index contributed by atoms with van der Waals surface area (Å²) < 4.78 is 0. The van der Waals surface area contributed by atoms with E-state index in [-0.39, 0.29) is 0 Å². The first-order valence-corrected chi connectivity index (χ1v) is 8.13. The standard InChI is InChI=1S/C17H19N3S/c1-4-8-18-17-20-15(10-21-17)14-9-12(3)19-16-11(2)6-5-7-13(14)16/h5-7,9-10H,4,8H2,1-3H3,(H,18,20). The molecule has 0 bridgehead atoms. The van der Waals surface area contributed by atoms with Crippen LogP contribution in [-0.4, -0.2) is 16.5 Å². The van der Waals surface area contributed by atoms with E-state index in [4.69, 9.17) is 4.98 Å². The molecule has 0 atom stereocenters. The van der Waals surface area contributed by atoms with Crippen LogP contribution in [0.25, 0.3) is 22.2 Å². The van der Waals surface area contributed by atoms with E-state index in [1.807, 2.05) is 6.92 Å². The first kappa shape index (κ1) is 14.0. The average molecular weight is 297 g/mol. The number of anilines is 1. The molecule has 0 saturated carbocycles. The zero-order chi connectivity index (χ0) is 14.8. The molecular weight excluding hydrogens is 278 g/mol. The fourth-order valence-electron chi connectivity index (χ4n) is 2.44. The highest BCUT2D eigenvalue weighted by Gasteiger charge is 2.11. The number of aryl methyl sites for hydroxylation is 2. The molecule has 0 saturated heterocycles. The Hall–Kier alpha value is -1.94. The number of hydrogen-bond donors (Lipinski definition) is 1. The maximum Gasteiger partial charge on any atom is 0.183 e. The zero-order valence-electron chi connectivity index (χ0n) is 12.6. The number of benzene rings is 1. The van der Waals surface area contributed by atoms with Gasteiger partial charge in [-0.2, -0.15) is 0 Å². The molecule has 1 N–H and O–H groups in total. The van der Waals surface area contributed by atoms with Crippen LogP contribution in [-0.2, 0) is 0 Å². The van der Waals surface area contributed by atoms with Crippen LogP contribution in [0.3, 0.4) is 0 Å². The Labute approximate surface area is 129 Å². The Morgan fingerprint density at radius 3 is 2.86 bits per heavy atom. The van der Waals surface area contributed by atoms with E-state index in [0.717, 1.165) is 35.0 Å². The van der Waals surface area contributed by atoms with E-state index in [9.17, 15) is 0 Å². The summed E-state index contributed by atoms with van der Waals surface area (Å²) in [6.07, 6.45) is 1.10. The fourth-order valence-corrected chi connectivity index (χ4v) is 3.18. The molecule has 0 aliphatic rings. The topological polar surface area (TPSA) is 37.8 Å². The molecule has 4 heteroatoms. The maximum atomic E-state index is 4.72. The molecule has 0 fully saturated rings. The van der Waals surface area contributed by atoms with Crippen molar-refractivity contribution in [2.75, 3.05) is 11.9 Å². The largest absolute Gasteiger partial charge is 0.362 e. The highest BCUT2D eigenvalue weighted by molar-refractivity contribution is 7.14. The van der Waals surface area contributed by atoms with Gasteiger partial charge in [0.25, 0.3) is 0 Å². The lowest BCUT2D eigenvalue weighted by Crippen LogP contribution is -1.98. The second-order valence-corrected chi connectivity index (χ2v) is 6.11. The number of aromatic nitrogens is 2. The van der Waals surface area contributed by atoms with Crippen molar-refractivity contribution in [3.8, 4) is 11.3 Å². The van der Waals surface area contributed by atoms with Crippen molar-refractivity contribution in [3.63, 3.8) is 0 Å². The molecular formula is C17H19N3S. The van der Waals surface area contributed by atoms with E-state index < -0.39 is 0 Å². The molecule has 3 nitrogen and oxygen atoms in total. The van der Waals surface area contributed by atoms with Gasteiger partial charge in [0.05, 0.1) is 11.2 Å². The van der Waals surface area contributed by atoms with Crippen molar-refractivity contribution in [1.29, 1.82) is 0 Å². The van der Waals surface area contributed by atoms with Crippen LogP contribution in [0.4, 0.5) is 5.13 Å². The smallest absolute Gasteiger partial charge is 0.183 e. The molecule has 0 aliphatic heterocycles. The Bertz CT molecular complexity index is 777. The number of pyridine rings is 1. The molecule has 21 heavy (non-hydrogen) atoms. The van der Waals surface area contributed by atoms with E-state index in [2.05, 4.69) is 53.8 Å². The third kappa shape index (κ3) is 2.76. The first-order valence-electron chi connectivity index (χ1n) is 7.25. The summed E-state index contributed by atoms with van der Waals surface area (Å²) >= 11 is 1.66. The number of nitrogens with zero attached hydrogens (tertiary/aromatic N) is 2. The molecule has 0 aliphatic carbocycles. The van der Waals surface area contributed by atoms with Gasteiger partial charge in [-0.05, 0) is 31.9 Å². The Kier molecular flexibility index (Phi) is 3.88. The molecule has 3 aromatic rings. The second kappa shape index (κ2) is 5.82. The molecule has 0 radical (unpaired) electrons. The number of nitrogens with one attached hydrogen (secondary N) is 1. The monoisotopic (exact) mass is 297 g/mol. The Balaban J connectivity index is 2.11. The average Bonchev–Trinajstić information content (AvgIpc) is 2.94. The number of hydrogen-bond acceptors (Lipinski definition) is 4. The van der Waals surface area contributed by atoms with E-state index >= 15 is 0 Å². The molecule has 2 aromatic heterocycles. The van der Waals surface area contributed by atoms with Crippen LogP contribution in [0.15, 0.2) is 29.6 Å². The van der Waals surface area contributed by atoms with Gasteiger partial charge in [0.1, 0.15) is 0 Å². The van der Waals surface area contributed by atoms with Gasteiger partial charge in [0, 0.05) is 28.6 Å². The third-order valence-electron chi connectivity index (χ3n) is 3.48. The molecule has 0 unspecified atom stereocenters. The normalized spacial score (nSPS) is 11.0. The number of rotatable bonds is 4. The van der Waals surface area contributed by atoms with Crippen LogP contribution >= 0.6 is 11.3 Å². The van der Waals surface area contributed by atoms with Gasteiger partial charge < -0.3 is 5.32 Å². The van der Waals surface area contributed by atoms with Crippen LogP contribution in [0, 0.1) is 13.8 Å². The van der Waals surface area contributed by atoms with Gasteiger partial charge in [-0.1, -0.05) is 25.1 Å². The minimum absolute atomic E-state index is 0.960. The molecule has 3 rings (SSSR count). The van der Waals surface area contributed by atoms with E-state index in [1.165, 1.54) is 16.5 Å². The van der Waals surface area contributed by atoms with E-state index in [1.54, 1.807) is 11.3 Å². The molecule has 0 amide bonds. The van der Waals surface area contributed by atoms with Crippen LogP contribution in [0.5, 0.6) is 0 Å². The first-order chi connectivity index (χ1) is 10.2. The van der Waals surface area contributed by atoms with Crippen molar-refractivity contribution in [3.05, 3.63) is 40.9 Å². The summed E-state index contributed by atoms with van der Waals surface area (Å²) in [6, 6.07) is 8.44. The highest BCUT2D eigenvalue weighted by atomic mass is 32.1. The Morgan fingerprint density at radius 2 is 2.05 bits per heavy atom. The van der Waals surface area contributed by atoms with Crippen molar-refractivity contribution >= 4 is 27.4 Å². The predicted octanol–water partition coefficient (Wildman–Crippen LogP) is 4.80. The lowest BCUT2D eigenvalue weighted by molar-refractivity contribution is 0.976. The summed E-state index contributed by atoms with van der Waals surface area (Å²) in [5.41, 5.74) is 5.50. The number of fused-ring (bicyclic) bond motifs is 1. The van der Waals surface area contributed by atoms with Gasteiger partial charge >= 0.3 is 0 Å². The van der Waals surface area contributed by atoms with Crippen LogP contribution < -0.4 is 5.32 Å². The van der Waals surface area contributed by atoms with E-state index in [0.29, 0.717) is 0 Å². The lowest BCUT2D eigenvalue weighted by atomic mass is 10.0. The SMILES string of the molecule is CCCNc1nc(-c2cc(C)nc3c(C)cccc23)cs1. The highest BCUT2D eigenvalue weighted by Crippen LogP contribution is 2.32. The second-order valence-electron chi connectivity index (χ2n) is 5.25. The van der Waals surface area contributed by atoms with Crippen LogP contribution in [0.1, 0.15) is 24.6 Å². The third-order valence-corrected chi connectivity index (χ3v) is 4.28. The van der Waals surface area contributed by atoms with Crippen molar-refractivity contribution in [2.24, 2.45) is 0 Å². The van der Waals surface area contributed by atoms with Gasteiger partial charge in [0.2, 0.25) is 0 Å². The lowest BCUT2D eigenvalue weighted by Gasteiger charge is -2.07. The minimum atomic E-state index is 0.960. The summed E-state index contributed by atoms with van der Waals surface area (Å²) in [4.78, 5) is 9.40. The summed E-state index contributed by atoms with van der Waals surface area (Å²) in [7, 11) is 0. The van der Waals surface area contributed by atoms with Crippen LogP contribution in [0.2, 0.25) is 0 Å². The zero-order valence-corrected chi connectivity index (χ0v) is 13.4. The fraction of sp³-hybridized carbons (Fsp3) is 0.294.